The predicted octanol–water partition coefficient (Wildman–Crippen LogP) is 4.79. The average molecular weight is 307 g/mol. The topological polar surface area (TPSA) is 29.9 Å². The first-order chi connectivity index (χ1) is 10.9. The lowest BCUT2D eigenvalue weighted by Crippen LogP contribution is -2.15. The molecule has 3 rings (SSSR count). The molecule has 1 aromatic heterocycles. The highest BCUT2D eigenvalue weighted by molar-refractivity contribution is 5.80. The molecule has 0 atom stereocenters. The number of benzene rings is 2. The highest BCUT2D eigenvalue weighted by Gasteiger charge is 2.17. The van der Waals surface area contributed by atoms with Crippen LogP contribution in [0.25, 0.3) is 11.0 Å². The number of nitrogens with one attached hydrogen (secondary N) is 1. The molecule has 0 aliphatic heterocycles. The fourth-order valence-electron chi connectivity index (χ4n) is 3.03. The van der Waals surface area contributed by atoms with E-state index >= 15 is 0 Å². The van der Waals surface area contributed by atoms with E-state index in [0.717, 1.165) is 23.6 Å². The Bertz CT molecular complexity index is 838. The first-order valence-electron chi connectivity index (χ1n) is 8.11. The van der Waals surface area contributed by atoms with Crippen LogP contribution in [-0.4, -0.2) is 9.55 Å². The number of nitrogens with zero attached hydrogens (tertiary/aromatic N) is 2. The van der Waals surface area contributed by atoms with Gasteiger partial charge in [0, 0.05) is 19.3 Å². The summed E-state index contributed by atoms with van der Waals surface area (Å²) in [5.74, 6) is 1.04. The lowest BCUT2D eigenvalue weighted by Gasteiger charge is -2.23. The van der Waals surface area contributed by atoms with Gasteiger partial charge < -0.3 is 9.88 Å². The van der Waals surface area contributed by atoms with E-state index in [1.54, 1.807) is 0 Å². The number of aromatic nitrogens is 2. The van der Waals surface area contributed by atoms with E-state index in [-0.39, 0.29) is 5.41 Å². The molecule has 0 spiro atoms. The summed E-state index contributed by atoms with van der Waals surface area (Å²) in [5.41, 5.74) is 6.21. The molecule has 0 amide bonds. The molecular formula is C20H25N3. The molecule has 0 aliphatic rings. The fourth-order valence-corrected chi connectivity index (χ4v) is 3.03. The van der Waals surface area contributed by atoms with E-state index in [2.05, 4.69) is 85.2 Å². The van der Waals surface area contributed by atoms with Gasteiger partial charge in [-0.15, -0.1) is 0 Å². The smallest absolute Gasteiger partial charge is 0.106 e. The fraction of sp³-hybridized carbons (Fsp3) is 0.350. The van der Waals surface area contributed by atoms with Gasteiger partial charge in [0.25, 0.3) is 0 Å². The van der Waals surface area contributed by atoms with Crippen LogP contribution in [0.3, 0.4) is 0 Å². The summed E-state index contributed by atoms with van der Waals surface area (Å²) in [6.07, 6.45) is 0. The van der Waals surface area contributed by atoms with Crippen LogP contribution in [-0.2, 0) is 19.0 Å². The first kappa shape index (κ1) is 15.6. The Hall–Kier alpha value is -2.29. The van der Waals surface area contributed by atoms with Crippen molar-refractivity contribution in [1.29, 1.82) is 0 Å². The molecule has 120 valence electrons. The van der Waals surface area contributed by atoms with Gasteiger partial charge in [0.05, 0.1) is 11.0 Å². The SMILES string of the molecule is Cc1nc2cc(NCc3ccccc3C(C)(C)C)ccc2n1C. The van der Waals surface area contributed by atoms with Gasteiger partial charge in [-0.1, -0.05) is 45.0 Å². The van der Waals surface area contributed by atoms with Crippen LogP contribution in [0.4, 0.5) is 5.69 Å². The molecule has 1 N–H and O–H groups in total. The summed E-state index contributed by atoms with van der Waals surface area (Å²) in [6, 6.07) is 15.0. The van der Waals surface area contributed by atoms with Crippen LogP contribution in [0.15, 0.2) is 42.5 Å². The molecule has 3 heteroatoms. The predicted molar refractivity (Wildman–Crippen MR) is 97.9 cm³/mol. The summed E-state index contributed by atoms with van der Waals surface area (Å²) in [4.78, 5) is 4.61. The standard InChI is InChI=1S/C20H25N3/c1-14-22-18-12-16(10-11-19(18)23(14)5)21-13-15-8-6-7-9-17(15)20(2,3)4/h6-12,21H,13H2,1-5H3. The Morgan fingerprint density at radius 2 is 1.83 bits per heavy atom. The van der Waals surface area contributed by atoms with Crippen molar-refractivity contribution in [2.75, 3.05) is 5.32 Å². The largest absolute Gasteiger partial charge is 0.381 e. The first-order valence-corrected chi connectivity index (χ1v) is 8.11. The second kappa shape index (κ2) is 5.73. The molecule has 3 nitrogen and oxygen atoms in total. The number of anilines is 1. The highest BCUT2D eigenvalue weighted by Crippen LogP contribution is 2.27. The van der Waals surface area contributed by atoms with Crippen molar-refractivity contribution in [3.05, 3.63) is 59.4 Å². The third-order valence-electron chi connectivity index (χ3n) is 4.41. The van der Waals surface area contributed by atoms with Gasteiger partial charge in [-0.05, 0) is 41.7 Å². The number of aryl methyl sites for hydroxylation is 2. The zero-order chi connectivity index (χ0) is 16.6. The van der Waals surface area contributed by atoms with E-state index in [0.29, 0.717) is 0 Å². The number of fused-ring (bicyclic) bond motifs is 1. The number of imidazole rings is 1. The maximum absolute atomic E-state index is 4.61. The highest BCUT2D eigenvalue weighted by atomic mass is 15.0. The third kappa shape index (κ3) is 3.09. The van der Waals surface area contributed by atoms with Crippen molar-refractivity contribution in [1.82, 2.24) is 9.55 Å². The number of hydrogen-bond acceptors (Lipinski definition) is 2. The van der Waals surface area contributed by atoms with E-state index in [1.165, 1.54) is 16.6 Å². The van der Waals surface area contributed by atoms with Gasteiger partial charge in [0.15, 0.2) is 0 Å². The number of hydrogen-bond donors (Lipinski definition) is 1. The summed E-state index contributed by atoms with van der Waals surface area (Å²) in [7, 11) is 2.05. The second-order valence-electron chi connectivity index (χ2n) is 7.18. The van der Waals surface area contributed by atoms with Crippen molar-refractivity contribution in [3.8, 4) is 0 Å². The minimum atomic E-state index is 0.153. The molecule has 0 fully saturated rings. The monoisotopic (exact) mass is 307 g/mol. The van der Waals surface area contributed by atoms with Crippen molar-refractivity contribution < 1.29 is 0 Å². The summed E-state index contributed by atoms with van der Waals surface area (Å²) >= 11 is 0. The van der Waals surface area contributed by atoms with Crippen LogP contribution in [0.2, 0.25) is 0 Å². The molecule has 1 heterocycles. The maximum atomic E-state index is 4.61. The van der Waals surface area contributed by atoms with Crippen molar-refractivity contribution in [3.63, 3.8) is 0 Å². The minimum Gasteiger partial charge on any atom is -0.381 e. The molecule has 0 bridgehead atoms. The van der Waals surface area contributed by atoms with E-state index in [1.807, 2.05) is 6.92 Å². The van der Waals surface area contributed by atoms with E-state index in [4.69, 9.17) is 0 Å². The van der Waals surface area contributed by atoms with Gasteiger partial charge in [0.1, 0.15) is 5.82 Å². The van der Waals surface area contributed by atoms with E-state index in [9.17, 15) is 0 Å². The second-order valence-corrected chi connectivity index (χ2v) is 7.18. The van der Waals surface area contributed by atoms with Crippen LogP contribution in [0, 0.1) is 6.92 Å². The summed E-state index contributed by atoms with van der Waals surface area (Å²) in [5, 5.41) is 3.55. The quantitative estimate of drug-likeness (QED) is 0.754. The third-order valence-corrected chi connectivity index (χ3v) is 4.41. The maximum Gasteiger partial charge on any atom is 0.106 e. The Balaban J connectivity index is 1.84. The van der Waals surface area contributed by atoms with Gasteiger partial charge in [0.2, 0.25) is 0 Å². The van der Waals surface area contributed by atoms with Gasteiger partial charge in [-0.3, -0.25) is 0 Å². The lowest BCUT2D eigenvalue weighted by molar-refractivity contribution is 0.583. The minimum absolute atomic E-state index is 0.153. The van der Waals surface area contributed by atoms with Crippen molar-refractivity contribution >= 4 is 16.7 Å². The van der Waals surface area contributed by atoms with Crippen LogP contribution < -0.4 is 5.32 Å². The zero-order valence-electron chi connectivity index (χ0n) is 14.6. The van der Waals surface area contributed by atoms with Gasteiger partial charge in [-0.2, -0.15) is 0 Å². The average Bonchev–Trinajstić information content (AvgIpc) is 2.79. The molecule has 2 aromatic carbocycles. The Labute approximate surface area is 138 Å². The molecule has 0 saturated heterocycles. The number of rotatable bonds is 3. The molecule has 3 aromatic rings. The van der Waals surface area contributed by atoms with E-state index < -0.39 is 0 Å². The molecular weight excluding hydrogens is 282 g/mol. The Kier molecular flexibility index (Phi) is 3.88. The summed E-state index contributed by atoms with van der Waals surface area (Å²) < 4.78 is 2.12. The molecule has 0 unspecified atom stereocenters. The van der Waals surface area contributed by atoms with Crippen molar-refractivity contribution in [2.45, 2.75) is 39.7 Å². The summed E-state index contributed by atoms with van der Waals surface area (Å²) in [6.45, 7) is 9.63. The molecule has 0 radical (unpaired) electrons. The van der Waals surface area contributed by atoms with Crippen LogP contribution >= 0.6 is 0 Å². The Morgan fingerprint density at radius 3 is 2.57 bits per heavy atom. The normalized spacial score (nSPS) is 11.9. The Morgan fingerprint density at radius 1 is 1.09 bits per heavy atom. The van der Waals surface area contributed by atoms with Gasteiger partial charge >= 0.3 is 0 Å². The molecule has 0 saturated carbocycles. The molecule has 0 aliphatic carbocycles. The van der Waals surface area contributed by atoms with Crippen LogP contribution in [0.5, 0.6) is 0 Å². The van der Waals surface area contributed by atoms with Gasteiger partial charge in [-0.25, -0.2) is 4.98 Å². The van der Waals surface area contributed by atoms with Crippen LogP contribution in [0.1, 0.15) is 37.7 Å². The zero-order valence-corrected chi connectivity index (χ0v) is 14.6. The lowest BCUT2D eigenvalue weighted by atomic mass is 9.84. The molecule has 23 heavy (non-hydrogen) atoms. The van der Waals surface area contributed by atoms with Crippen molar-refractivity contribution in [2.24, 2.45) is 7.05 Å².